The molecule has 1 N–H and O–H groups in total. The normalized spacial score (nSPS) is 10.6. The van der Waals surface area contributed by atoms with Crippen molar-refractivity contribution in [3.05, 3.63) is 76.2 Å². The Labute approximate surface area is 137 Å². The van der Waals surface area contributed by atoms with Crippen molar-refractivity contribution in [1.29, 1.82) is 0 Å². The third kappa shape index (κ3) is 2.97. The number of phenolic OH excluding ortho intramolecular Hbond substituents is 1. The maximum Gasteiger partial charge on any atom is 0.123 e. The molecular formula is C18H12BrClO. The second-order valence-electron chi connectivity index (χ2n) is 4.72. The fraction of sp³-hybridized carbons (Fsp3) is 0. The number of aromatic hydroxyl groups is 1. The predicted molar refractivity (Wildman–Crippen MR) is 91.7 cm³/mol. The van der Waals surface area contributed by atoms with Crippen LogP contribution in [0.3, 0.4) is 0 Å². The number of hydrogen-bond donors (Lipinski definition) is 1. The number of benzene rings is 3. The lowest BCUT2D eigenvalue weighted by molar-refractivity contribution is 0.477. The Bertz CT molecular complexity index is 781. The van der Waals surface area contributed by atoms with E-state index in [0.29, 0.717) is 0 Å². The van der Waals surface area contributed by atoms with Crippen LogP contribution < -0.4 is 0 Å². The van der Waals surface area contributed by atoms with Gasteiger partial charge in [0.05, 0.1) is 0 Å². The van der Waals surface area contributed by atoms with E-state index in [-0.39, 0.29) is 5.75 Å². The third-order valence-electron chi connectivity index (χ3n) is 3.34. The second kappa shape index (κ2) is 5.92. The van der Waals surface area contributed by atoms with E-state index in [4.69, 9.17) is 11.6 Å². The highest BCUT2D eigenvalue weighted by Crippen LogP contribution is 2.36. The molecule has 0 saturated carbocycles. The first kappa shape index (κ1) is 14.2. The summed E-state index contributed by atoms with van der Waals surface area (Å²) in [6.45, 7) is 0. The first-order valence-corrected chi connectivity index (χ1v) is 7.66. The highest BCUT2D eigenvalue weighted by Gasteiger charge is 2.08. The number of hydrogen-bond acceptors (Lipinski definition) is 1. The summed E-state index contributed by atoms with van der Waals surface area (Å²) in [7, 11) is 0. The van der Waals surface area contributed by atoms with E-state index < -0.39 is 0 Å². The average molecular weight is 360 g/mol. The van der Waals surface area contributed by atoms with E-state index in [1.807, 2.05) is 60.7 Å². The number of para-hydroxylation sites is 1. The average Bonchev–Trinajstić information content (AvgIpc) is 2.49. The molecular weight excluding hydrogens is 348 g/mol. The Balaban J connectivity index is 2.04. The van der Waals surface area contributed by atoms with Crippen LogP contribution >= 0.6 is 27.5 Å². The van der Waals surface area contributed by atoms with E-state index in [2.05, 4.69) is 15.9 Å². The highest BCUT2D eigenvalue weighted by atomic mass is 79.9. The summed E-state index contributed by atoms with van der Waals surface area (Å²) in [5.74, 6) is 0.275. The monoisotopic (exact) mass is 358 g/mol. The molecule has 0 aromatic heterocycles. The summed E-state index contributed by atoms with van der Waals surface area (Å²) in [6, 6.07) is 21.1. The van der Waals surface area contributed by atoms with E-state index >= 15 is 0 Å². The second-order valence-corrected chi connectivity index (χ2v) is 6.01. The van der Waals surface area contributed by atoms with Gasteiger partial charge in [-0.15, -0.1) is 0 Å². The molecule has 3 aromatic carbocycles. The van der Waals surface area contributed by atoms with Crippen LogP contribution in [0.15, 0.2) is 71.2 Å². The van der Waals surface area contributed by atoms with Gasteiger partial charge in [0.25, 0.3) is 0 Å². The zero-order valence-corrected chi connectivity index (χ0v) is 13.4. The Morgan fingerprint density at radius 2 is 1.43 bits per heavy atom. The van der Waals surface area contributed by atoms with Gasteiger partial charge in [-0.25, -0.2) is 0 Å². The van der Waals surface area contributed by atoms with Crippen molar-refractivity contribution < 1.29 is 5.11 Å². The Morgan fingerprint density at radius 1 is 0.762 bits per heavy atom. The first-order valence-electron chi connectivity index (χ1n) is 6.49. The number of halogens is 2. The van der Waals surface area contributed by atoms with Crippen molar-refractivity contribution in [2.75, 3.05) is 0 Å². The molecule has 3 aromatic rings. The molecule has 0 amide bonds. The predicted octanol–water partition coefficient (Wildman–Crippen LogP) is 6.14. The van der Waals surface area contributed by atoms with Gasteiger partial charge >= 0.3 is 0 Å². The molecule has 0 unspecified atom stereocenters. The molecule has 0 saturated heterocycles. The van der Waals surface area contributed by atoms with Crippen LogP contribution in [0.1, 0.15) is 0 Å². The molecule has 0 fully saturated rings. The molecule has 0 radical (unpaired) electrons. The zero-order valence-electron chi connectivity index (χ0n) is 11.1. The van der Waals surface area contributed by atoms with Crippen molar-refractivity contribution in [3.8, 4) is 28.0 Å². The molecule has 0 spiro atoms. The topological polar surface area (TPSA) is 20.2 Å². The number of phenols is 1. The van der Waals surface area contributed by atoms with Crippen LogP contribution in [-0.4, -0.2) is 5.11 Å². The highest BCUT2D eigenvalue weighted by molar-refractivity contribution is 9.10. The van der Waals surface area contributed by atoms with Crippen LogP contribution in [0.5, 0.6) is 5.75 Å². The SMILES string of the molecule is Oc1ccccc1-c1ccc(-c2ccc(Cl)cc2)cc1Br. The molecule has 104 valence electrons. The summed E-state index contributed by atoms with van der Waals surface area (Å²) in [5.41, 5.74) is 3.97. The fourth-order valence-electron chi connectivity index (χ4n) is 2.26. The zero-order chi connectivity index (χ0) is 14.8. The molecule has 3 heteroatoms. The smallest absolute Gasteiger partial charge is 0.123 e. The van der Waals surface area contributed by atoms with E-state index in [9.17, 15) is 5.11 Å². The van der Waals surface area contributed by atoms with Gasteiger partial charge in [-0.05, 0) is 41.0 Å². The maximum absolute atomic E-state index is 9.97. The lowest BCUT2D eigenvalue weighted by Gasteiger charge is -2.09. The molecule has 1 nitrogen and oxygen atoms in total. The van der Waals surface area contributed by atoms with Crippen molar-refractivity contribution in [3.63, 3.8) is 0 Å². The van der Waals surface area contributed by atoms with Crippen molar-refractivity contribution >= 4 is 27.5 Å². The van der Waals surface area contributed by atoms with Gasteiger partial charge in [-0.1, -0.05) is 70.0 Å². The maximum atomic E-state index is 9.97. The summed E-state index contributed by atoms with van der Waals surface area (Å²) in [5, 5.41) is 10.7. The summed E-state index contributed by atoms with van der Waals surface area (Å²) >= 11 is 9.51. The molecule has 21 heavy (non-hydrogen) atoms. The van der Waals surface area contributed by atoms with Gasteiger partial charge < -0.3 is 5.11 Å². The lowest BCUT2D eigenvalue weighted by atomic mass is 10.00. The summed E-state index contributed by atoms with van der Waals surface area (Å²) < 4.78 is 0.941. The van der Waals surface area contributed by atoms with Crippen LogP contribution in [0, 0.1) is 0 Å². The third-order valence-corrected chi connectivity index (χ3v) is 4.25. The Kier molecular flexibility index (Phi) is 4.00. The van der Waals surface area contributed by atoms with Crippen LogP contribution in [0.2, 0.25) is 5.02 Å². The van der Waals surface area contributed by atoms with Gasteiger partial charge in [0.1, 0.15) is 5.75 Å². The first-order chi connectivity index (χ1) is 10.1. The minimum absolute atomic E-state index is 0.275. The molecule has 0 aliphatic carbocycles. The standard InChI is InChI=1S/C18H12BrClO/c19-17-11-13(12-5-8-14(20)9-6-12)7-10-15(17)16-3-1-2-4-18(16)21/h1-11,21H. The molecule has 0 aliphatic rings. The lowest BCUT2D eigenvalue weighted by Crippen LogP contribution is -1.83. The van der Waals surface area contributed by atoms with Crippen molar-refractivity contribution in [2.45, 2.75) is 0 Å². The van der Waals surface area contributed by atoms with Crippen LogP contribution in [0.25, 0.3) is 22.3 Å². The van der Waals surface area contributed by atoms with Gasteiger partial charge in [-0.3, -0.25) is 0 Å². The van der Waals surface area contributed by atoms with E-state index in [1.165, 1.54) is 0 Å². The van der Waals surface area contributed by atoms with Crippen molar-refractivity contribution in [1.82, 2.24) is 0 Å². The van der Waals surface area contributed by atoms with E-state index in [0.717, 1.165) is 31.7 Å². The van der Waals surface area contributed by atoms with Crippen molar-refractivity contribution in [2.24, 2.45) is 0 Å². The number of rotatable bonds is 2. The quantitative estimate of drug-likeness (QED) is 0.582. The van der Waals surface area contributed by atoms with E-state index in [1.54, 1.807) is 6.07 Å². The van der Waals surface area contributed by atoms with Gasteiger partial charge in [0, 0.05) is 15.1 Å². The minimum Gasteiger partial charge on any atom is -0.507 e. The molecule has 0 bridgehead atoms. The van der Waals surface area contributed by atoms with Gasteiger partial charge in [0.2, 0.25) is 0 Å². The minimum atomic E-state index is 0.275. The van der Waals surface area contributed by atoms with Gasteiger partial charge in [-0.2, -0.15) is 0 Å². The Morgan fingerprint density at radius 3 is 2.10 bits per heavy atom. The van der Waals surface area contributed by atoms with Crippen LogP contribution in [-0.2, 0) is 0 Å². The van der Waals surface area contributed by atoms with Gasteiger partial charge in [0.15, 0.2) is 0 Å². The summed E-state index contributed by atoms with van der Waals surface area (Å²) in [4.78, 5) is 0. The fourth-order valence-corrected chi connectivity index (χ4v) is 2.98. The molecule has 0 aliphatic heterocycles. The molecule has 0 heterocycles. The Hall–Kier alpha value is -1.77. The molecule has 3 rings (SSSR count). The molecule has 0 atom stereocenters. The summed E-state index contributed by atoms with van der Waals surface area (Å²) in [6.07, 6.45) is 0. The largest absolute Gasteiger partial charge is 0.507 e. The van der Waals surface area contributed by atoms with Crippen LogP contribution in [0.4, 0.5) is 0 Å².